The fourth-order valence-electron chi connectivity index (χ4n) is 1.47. The van der Waals surface area contributed by atoms with E-state index in [0.717, 1.165) is 4.90 Å². The van der Waals surface area contributed by atoms with Gasteiger partial charge in [-0.3, -0.25) is 9.59 Å². The quantitative estimate of drug-likeness (QED) is 0.616. The van der Waals surface area contributed by atoms with Crippen molar-refractivity contribution in [3.05, 3.63) is 30.3 Å². The molecule has 5 nitrogen and oxygen atoms in total. The molecule has 0 aliphatic carbocycles. The van der Waals surface area contributed by atoms with Gasteiger partial charge >= 0.3 is 5.97 Å². The van der Waals surface area contributed by atoms with Gasteiger partial charge in [0.2, 0.25) is 0 Å². The molecule has 1 amide bonds. The van der Waals surface area contributed by atoms with Crippen LogP contribution in [-0.4, -0.2) is 29.8 Å². The summed E-state index contributed by atoms with van der Waals surface area (Å²) < 4.78 is 4.91. The monoisotopic (exact) mass is 320 g/mol. The van der Waals surface area contributed by atoms with Gasteiger partial charge in [-0.25, -0.2) is 0 Å². The lowest BCUT2D eigenvalue weighted by atomic mass is 9.90. The first-order valence-corrected chi connectivity index (χ1v) is 7.91. The molecule has 22 heavy (non-hydrogen) atoms. The lowest BCUT2D eigenvalue weighted by Gasteiger charge is -2.27. The molecular formula is C16H20N2O3S. The fourth-order valence-corrected chi connectivity index (χ4v) is 2.19. The summed E-state index contributed by atoms with van der Waals surface area (Å²) in [4.78, 5) is 24.3. The summed E-state index contributed by atoms with van der Waals surface area (Å²) in [6.07, 6.45) is 0. The minimum absolute atomic E-state index is 0.0502. The van der Waals surface area contributed by atoms with E-state index in [-0.39, 0.29) is 18.3 Å². The Hall–Kier alpha value is -2.00. The van der Waals surface area contributed by atoms with Crippen LogP contribution in [0.1, 0.15) is 20.8 Å². The van der Waals surface area contributed by atoms with Gasteiger partial charge in [-0.05, 0) is 25.0 Å². The van der Waals surface area contributed by atoms with Gasteiger partial charge in [0.05, 0.1) is 11.8 Å². The van der Waals surface area contributed by atoms with Crippen molar-refractivity contribution in [2.45, 2.75) is 31.2 Å². The Kier molecular flexibility index (Phi) is 6.93. The van der Waals surface area contributed by atoms with Crippen molar-refractivity contribution >= 4 is 23.6 Å². The predicted octanol–water partition coefficient (Wildman–Crippen LogP) is 2.38. The summed E-state index contributed by atoms with van der Waals surface area (Å²) >= 11 is 1.34. The molecule has 1 rings (SSSR count). The molecule has 0 aliphatic heterocycles. The van der Waals surface area contributed by atoms with Crippen molar-refractivity contribution in [2.24, 2.45) is 5.92 Å². The van der Waals surface area contributed by atoms with Crippen LogP contribution >= 0.6 is 11.8 Å². The first kappa shape index (κ1) is 18.1. The maximum Gasteiger partial charge on any atom is 0.316 e. The van der Waals surface area contributed by atoms with Crippen molar-refractivity contribution in [3.63, 3.8) is 0 Å². The van der Waals surface area contributed by atoms with Gasteiger partial charge in [0.1, 0.15) is 5.54 Å². The number of carbonyl (C=O) groups excluding carboxylic acids is 2. The number of nitrogens with zero attached hydrogens (tertiary/aromatic N) is 1. The molecule has 1 aromatic rings. The number of thioether (sulfide) groups is 1. The zero-order chi connectivity index (χ0) is 16.6. The van der Waals surface area contributed by atoms with Crippen LogP contribution in [-0.2, 0) is 14.3 Å². The number of esters is 1. The third kappa shape index (κ3) is 5.78. The Balaban J connectivity index is 2.35. The van der Waals surface area contributed by atoms with E-state index in [1.165, 1.54) is 11.8 Å². The topological polar surface area (TPSA) is 79.2 Å². The number of nitrogens with one attached hydrogen (secondary N) is 1. The molecule has 1 atom stereocenters. The molecule has 6 heteroatoms. The molecule has 0 heterocycles. The van der Waals surface area contributed by atoms with Crippen LogP contribution in [0.2, 0.25) is 0 Å². The highest BCUT2D eigenvalue weighted by Gasteiger charge is 2.30. The highest BCUT2D eigenvalue weighted by molar-refractivity contribution is 8.00. The maximum atomic E-state index is 11.8. The summed E-state index contributed by atoms with van der Waals surface area (Å²) in [6.45, 7) is 4.94. The minimum Gasteiger partial charge on any atom is -0.455 e. The average Bonchev–Trinajstić information content (AvgIpc) is 2.51. The van der Waals surface area contributed by atoms with Crippen LogP contribution in [0.15, 0.2) is 35.2 Å². The van der Waals surface area contributed by atoms with E-state index in [2.05, 4.69) is 11.4 Å². The largest absolute Gasteiger partial charge is 0.455 e. The van der Waals surface area contributed by atoms with Crippen LogP contribution in [0.5, 0.6) is 0 Å². The molecule has 0 aliphatic rings. The first-order valence-electron chi connectivity index (χ1n) is 6.93. The second kappa shape index (κ2) is 8.44. The van der Waals surface area contributed by atoms with Gasteiger partial charge in [-0.1, -0.05) is 32.0 Å². The average molecular weight is 320 g/mol. The number of ether oxygens (including phenoxy) is 1. The molecule has 0 fully saturated rings. The Bertz CT molecular complexity index is 554. The molecule has 0 saturated carbocycles. The number of benzene rings is 1. The molecule has 0 spiro atoms. The summed E-state index contributed by atoms with van der Waals surface area (Å²) in [5, 5.41) is 11.7. The van der Waals surface area contributed by atoms with Gasteiger partial charge in [-0.15, -0.1) is 11.8 Å². The highest BCUT2D eigenvalue weighted by Crippen LogP contribution is 2.17. The normalized spacial score (nSPS) is 13.0. The third-order valence-corrected chi connectivity index (χ3v) is 4.24. The van der Waals surface area contributed by atoms with Crippen molar-refractivity contribution < 1.29 is 14.3 Å². The Morgan fingerprint density at radius 2 is 2.00 bits per heavy atom. The molecule has 0 radical (unpaired) electrons. The summed E-state index contributed by atoms with van der Waals surface area (Å²) in [7, 11) is 0. The van der Waals surface area contributed by atoms with Crippen molar-refractivity contribution in [3.8, 4) is 6.07 Å². The summed E-state index contributed by atoms with van der Waals surface area (Å²) in [5.41, 5.74) is -0.970. The standard InChI is InChI=1S/C16H20N2O3S/c1-12(2)16(3,11-17)18-14(19)9-21-15(20)10-22-13-7-5-4-6-8-13/h4-8,12H,9-10H2,1-3H3,(H,18,19)/t16-/m1/s1. The fraction of sp³-hybridized carbons (Fsp3) is 0.438. The third-order valence-electron chi connectivity index (χ3n) is 3.25. The van der Waals surface area contributed by atoms with Crippen LogP contribution in [0, 0.1) is 17.2 Å². The Morgan fingerprint density at radius 3 is 2.55 bits per heavy atom. The number of nitriles is 1. The van der Waals surface area contributed by atoms with Gasteiger partial charge in [0, 0.05) is 4.90 Å². The molecule has 0 unspecified atom stereocenters. The molecule has 118 valence electrons. The molecule has 0 saturated heterocycles. The number of hydrogen-bond acceptors (Lipinski definition) is 5. The van der Waals surface area contributed by atoms with E-state index in [4.69, 9.17) is 10.00 Å². The van der Waals surface area contributed by atoms with Crippen LogP contribution in [0.4, 0.5) is 0 Å². The van der Waals surface area contributed by atoms with Crippen molar-refractivity contribution in [1.82, 2.24) is 5.32 Å². The van der Waals surface area contributed by atoms with E-state index in [9.17, 15) is 9.59 Å². The summed E-state index contributed by atoms with van der Waals surface area (Å²) in [6, 6.07) is 11.5. The SMILES string of the molecule is CC(C)[C@@](C)(C#N)NC(=O)COC(=O)CSc1ccccc1. The van der Waals surface area contributed by atoms with Crippen molar-refractivity contribution in [2.75, 3.05) is 12.4 Å². The van der Waals surface area contributed by atoms with Gasteiger partial charge in [0.25, 0.3) is 5.91 Å². The smallest absolute Gasteiger partial charge is 0.316 e. The second-order valence-corrected chi connectivity index (χ2v) is 6.33. The van der Waals surface area contributed by atoms with Gasteiger partial charge in [0.15, 0.2) is 6.61 Å². The second-order valence-electron chi connectivity index (χ2n) is 5.28. The zero-order valence-corrected chi connectivity index (χ0v) is 13.8. The Morgan fingerprint density at radius 1 is 1.36 bits per heavy atom. The van der Waals surface area contributed by atoms with Crippen LogP contribution in [0.25, 0.3) is 0 Å². The Labute approximate surface area is 135 Å². The lowest BCUT2D eigenvalue weighted by Crippen LogP contribution is -2.50. The molecular weight excluding hydrogens is 300 g/mol. The minimum atomic E-state index is -0.970. The van der Waals surface area contributed by atoms with E-state index in [0.29, 0.717) is 0 Å². The van der Waals surface area contributed by atoms with Gasteiger partial charge in [-0.2, -0.15) is 5.26 Å². The van der Waals surface area contributed by atoms with E-state index in [1.807, 2.05) is 44.2 Å². The highest BCUT2D eigenvalue weighted by atomic mass is 32.2. The lowest BCUT2D eigenvalue weighted by molar-refractivity contribution is -0.146. The number of hydrogen-bond donors (Lipinski definition) is 1. The van der Waals surface area contributed by atoms with Gasteiger partial charge < -0.3 is 10.1 Å². The number of carbonyl (C=O) groups is 2. The zero-order valence-electron chi connectivity index (χ0n) is 13.0. The predicted molar refractivity (Wildman–Crippen MR) is 85.1 cm³/mol. The molecule has 0 bridgehead atoms. The van der Waals surface area contributed by atoms with Crippen molar-refractivity contribution in [1.29, 1.82) is 5.26 Å². The summed E-state index contributed by atoms with van der Waals surface area (Å²) in [5.74, 6) is -0.856. The maximum absolute atomic E-state index is 11.8. The van der Waals surface area contributed by atoms with E-state index >= 15 is 0 Å². The molecule has 1 aromatic carbocycles. The van der Waals surface area contributed by atoms with Crippen LogP contribution < -0.4 is 5.32 Å². The molecule has 0 aromatic heterocycles. The molecule has 1 N–H and O–H groups in total. The first-order chi connectivity index (χ1) is 10.4. The van der Waals surface area contributed by atoms with E-state index < -0.39 is 17.4 Å². The van der Waals surface area contributed by atoms with E-state index in [1.54, 1.807) is 6.92 Å². The number of rotatable bonds is 7. The number of amides is 1. The van der Waals surface area contributed by atoms with Crippen LogP contribution in [0.3, 0.4) is 0 Å².